The lowest BCUT2D eigenvalue weighted by Crippen LogP contribution is -2.25. The number of alkyl halides is 6. The highest BCUT2D eigenvalue weighted by Gasteiger charge is 2.43. The maximum absolute atomic E-state index is 14.2. The molecular formula is C30H14F6N4. The van der Waals surface area contributed by atoms with Gasteiger partial charge in [0.1, 0.15) is 0 Å². The first-order chi connectivity index (χ1) is 18.8. The Labute approximate surface area is 224 Å². The molecule has 3 aromatic rings. The molecule has 2 aliphatic carbocycles. The first kappa shape index (κ1) is 26.5. The highest BCUT2D eigenvalue weighted by molar-refractivity contribution is 5.94. The molecule has 0 radical (unpaired) electrons. The van der Waals surface area contributed by atoms with Crippen molar-refractivity contribution in [3.63, 3.8) is 0 Å². The number of hydrogen-bond donors (Lipinski definition) is 0. The molecule has 10 heteroatoms. The van der Waals surface area contributed by atoms with Gasteiger partial charge in [0.05, 0.1) is 36.4 Å². The van der Waals surface area contributed by atoms with Gasteiger partial charge in [0.15, 0.2) is 0 Å². The number of nitriles is 2. The standard InChI is InChI=1S/C30H14F6N4/c1-13-5-14(2)16-9-20-25(23(11-37)39-3)21-10-17-19(7-15(29(31,32)33)8-22(17)30(34,35)36)27(21)28(24(12-38)40-4)26(20)18(16)6-13/h5-8H,9-10H2,1-2H3/b25-23+,28-24+. The van der Waals surface area contributed by atoms with E-state index in [2.05, 4.69) is 9.69 Å². The minimum atomic E-state index is -5.15. The smallest absolute Gasteiger partial charge is 0.226 e. The third-order valence-electron chi connectivity index (χ3n) is 7.36. The van der Waals surface area contributed by atoms with E-state index in [4.69, 9.17) is 13.1 Å². The van der Waals surface area contributed by atoms with Crippen LogP contribution in [0, 0.1) is 49.7 Å². The van der Waals surface area contributed by atoms with Crippen molar-refractivity contribution in [1.82, 2.24) is 0 Å². The average Bonchev–Trinajstić information content (AvgIpc) is 3.43. The first-order valence-electron chi connectivity index (χ1n) is 11.7. The van der Waals surface area contributed by atoms with Crippen LogP contribution in [0.4, 0.5) is 26.3 Å². The Morgan fingerprint density at radius 1 is 0.725 bits per heavy atom. The molecule has 0 spiro atoms. The highest BCUT2D eigenvalue weighted by atomic mass is 19.4. The van der Waals surface area contributed by atoms with E-state index in [1.54, 1.807) is 25.1 Å². The SMILES string of the molecule is [C-]#[N+]/C(C#N)=c1\c2c(/c(=C(/C#N)[N+]#[C-])c3c1Cc1c-3cc(C(F)(F)F)cc1C(F)(F)F)-c1cc(C)cc(C)c1C2. The zero-order valence-corrected chi connectivity index (χ0v) is 20.8. The van der Waals surface area contributed by atoms with Crippen molar-refractivity contribution in [1.29, 1.82) is 10.5 Å². The Hall–Kier alpha value is -5.06. The molecule has 0 N–H and O–H groups in total. The van der Waals surface area contributed by atoms with Gasteiger partial charge in [0.2, 0.25) is 0 Å². The molecule has 196 valence electrons. The number of rotatable bonds is 0. The molecule has 0 unspecified atom stereocenters. The molecule has 40 heavy (non-hydrogen) atoms. The second kappa shape index (κ2) is 8.73. The van der Waals surface area contributed by atoms with Crippen LogP contribution in [0.15, 0.2) is 24.3 Å². The Morgan fingerprint density at radius 2 is 1.25 bits per heavy atom. The van der Waals surface area contributed by atoms with Crippen LogP contribution in [0.5, 0.6) is 0 Å². The largest absolute Gasteiger partial charge is 0.416 e. The topological polar surface area (TPSA) is 56.3 Å². The van der Waals surface area contributed by atoms with Gasteiger partial charge in [-0.2, -0.15) is 26.3 Å². The van der Waals surface area contributed by atoms with Crippen molar-refractivity contribution in [2.45, 2.75) is 39.0 Å². The molecule has 0 bridgehead atoms. The Balaban J connectivity index is 2.15. The minimum absolute atomic E-state index is 0.0275. The number of benzene rings is 3. The van der Waals surface area contributed by atoms with E-state index in [0.717, 1.165) is 16.7 Å². The van der Waals surface area contributed by atoms with Gasteiger partial charge in [-0.15, -0.1) is 0 Å². The number of nitrogens with zero attached hydrogens (tertiary/aromatic N) is 4. The van der Waals surface area contributed by atoms with E-state index in [0.29, 0.717) is 17.2 Å². The van der Waals surface area contributed by atoms with Crippen molar-refractivity contribution in [2.75, 3.05) is 0 Å². The third kappa shape index (κ3) is 3.73. The van der Waals surface area contributed by atoms with Crippen molar-refractivity contribution in [3.8, 4) is 34.4 Å². The molecule has 0 saturated heterocycles. The summed E-state index contributed by atoms with van der Waals surface area (Å²) < 4.78 is 84.0. The quantitative estimate of drug-likeness (QED) is 0.163. The fourth-order valence-corrected chi connectivity index (χ4v) is 5.91. The van der Waals surface area contributed by atoms with Crippen LogP contribution >= 0.6 is 0 Å². The molecule has 4 nitrogen and oxygen atoms in total. The fraction of sp³-hybridized carbons (Fsp3) is 0.200. The van der Waals surface area contributed by atoms with E-state index in [9.17, 15) is 36.9 Å². The van der Waals surface area contributed by atoms with Crippen molar-refractivity contribution < 1.29 is 26.3 Å². The van der Waals surface area contributed by atoms with Crippen molar-refractivity contribution >= 4 is 11.4 Å². The lowest BCUT2D eigenvalue weighted by molar-refractivity contribution is -0.143. The lowest BCUT2D eigenvalue weighted by atomic mass is 9.89. The molecule has 0 aromatic heterocycles. The molecule has 0 fully saturated rings. The normalized spacial score (nSPS) is 14.5. The number of halogens is 6. The molecule has 0 aliphatic heterocycles. The summed E-state index contributed by atoms with van der Waals surface area (Å²) in [6, 6.07) is 7.86. The van der Waals surface area contributed by atoms with Gasteiger partial charge < -0.3 is 0 Å². The second-order valence-corrected chi connectivity index (χ2v) is 9.61. The lowest BCUT2D eigenvalue weighted by Gasteiger charge is -2.17. The van der Waals surface area contributed by atoms with Gasteiger partial charge in [-0.1, -0.05) is 17.7 Å². The van der Waals surface area contributed by atoms with Crippen LogP contribution in [0.3, 0.4) is 0 Å². The number of hydrogen-bond acceptors (Lipinski definition) is 2. The van der Waals surface area contributed by atoms with Crippen molar-refractivity contribution in [3.05, 3.63) is 102 Å². The molecule has 0 heterocycles. The summed E-state index contributed by atoms with van der Waals surface area (Å²) in [6.45, 7) is 18.9. The molecule has 0 saturated carbocycles. The molecular weight excluding hydrogens is 530 g/mol. The first-order valence-corrected chi connectivity index (χ1v) is 11.7. The van der Waals surface area contributed by atoms with Gasteiger partial charge in [-0.3, -0.25) is 0 Å². The maximum Gasteiger partial charge on any atom is 0.416 e. The third-order valence-corrected chi connectivity index (χ3v) is 7.36. The number of aryl methyl sites for hydroxylation is 2. The van der Waals surface area contributed by atoms with Crippen LogP contribution in [0.1, 0.15) is 44.5 Å². The van der Waals surface area contributed by atoms with Gasteiger partial charge in [0.25, 0.3) is 11.4 Å². The summed E-state index contributed by atoms with van der Waals surface area (Å²) in [5, 5.41) is 19.7. The van der Waals surface area contributed by atoms with Gasteiger partial charge in [0, 0.05) is 5.22 Å². The maximum atomic E-state index is 14.2. The van der Waals surface area contributed by atoms with E-state index >= 15 is 0 Å². The van der Waals surface area contributed by atoms with Crippen LogP contribution in [-0.2, 0) is 25.2 Å². The van der Waals surface area contributed by atoms with Crippen molar-refractivity contribution in [2.24, 2.45) is 0 Å². The van der Waals surface area contributed by atoms with Gasteiger partial charge in [-0.25, -0.2) is 20.2 Å². The predicted molar refractivity (Wildman–Crippen MR) is 133 cm³/mol. The van der Waals surface area contributed by atoms with Crippen LogP contribution in [0.25, 0.3) is 43.3 Å². The minimum Gasteiger partial charge on any atom is -0.226 e. The van der Waals surface area contributed by atoms with Crippen LogP contribution < -0.4 is 10.4 Å². The van der Waals surface area contributed by atoms with E-state index in [-0.39, 0.29) is 39.6 Å². The molecule has 2 aliphatic rings. The zero-order valence-electron chi connectivity index (χ0n) is 20.8. The Morgan fingerprint density at radius 3 is 1.75 bits per heavy atom. The van der Waals surface area contributed by atoms with Gasteiger partial charge in [-0.05, 0) is 94.1 Å². The second-order valence-electron chi connectivity index (χ2n) is 9.61. The van der Waals surface area contributed by atoms with Crippen LogP contribution in [0.2, 0.25) is 0 Å². The summed E-state index contributed by atoms with van der Waals surface area (Å²) >= 11 is 0. The van der Waals surface area contributed by atoms with E-state index in [1.807, 2.05) is 13.0 Å². The summed E-state index contributed by atoms with van der Waals surface area (Å²) in [5.41, 5.74) is -1.36. The van der Waals surface area contributed by atoms with E-state index in [1.165, 1.54) is 0 Å². The van der Waals surface area contributed by atoms with E-state index < -0.39 is 52.4 Å². The summed E-state index contributed by atoms with van der Waals surface area (Å²) in [4.78, 5) is 6.62. The summed E-state index contributed by atoms with van der Waals surface area (Å²) in [7, 11) is 0. The van der Waals surface area contributed by atoms with Gasteiger partial charge >= 0.3 is 12.4 Å². The highest BCUT2D eigenvalue weighted by Crippen LogP contribution is 2.47. The fourth-order valence-electron chi connectivity index (χ4n) is 5.91. The molecule has 0 amide bonds. The molecule has 0 atom stereocenters. The average molecular weight is 544 g/mol. The predicted octanol–water partition coefficient (Wildman–Crippen LogP) is 6.59. The summed E-state index contributed by atoms with van der Waals surface area (Å²) in [6.07, 6.45) is -10.6. The Kier molecular flexibility index (Phi) is 5.79. The Bertz CT molecular complexity index is 1950. The zero-order chi connectivity index (χ0) is 29.3. The molecule has 3 aromatic carbocycles. The monoisotopic (exact) mass is 544 g/mol. The van der Waals surface area contributed by atoms with Crippen LogP contribution in [-0.4, -0.2) is 0 Å². The molecule has 5 rings (SSSR count). The summed E-state index contributed by atoms with van der Waals surface area (Å²) in [5.74, 6) is 0. The number of fused-ring (bicyclic) bond motifs is 6.